The van der Waals surface area contributed by atoms with Crippen LogP contribution in [0.15, 0.2) is 18.2 Å². The molecule has 0 heterocycles. The van der Waals surface area contributed by atoms with Crippen LogP contribution in [0.2, 0.25) is 0 Å². The number of hydrogen-bond donors (Lipinski definition) is 2. The highest BCUT2D eigenvalue weighted by Gasteiger charge is 2.22. The van der Waals surface area contributed by atoms with E-state index in [1.165, 1.54) is 0 Å². The third-order valence-corrected chi connectivity index (χ3v) is 1.72. The van der Waals surface area contributed by atoms with E-state index < -0.39 is 35.8 Å². The van der Waals surface area contributed by atoms with Gasteiger partial charge >= 0.3 is 12.6 Å². The van der Waals surface area contributed by atoms with Crippen LogP contribution < -0.4 is 4.74 Å². The fraction of sp³-hybridized carbons (Fsp3) is 0.222. The van der Waals surface area contributed by atoms with Crippen LogP contribution in [-0.4, -0.2) is 22.8 Å². The van der Waals surface area contributed by atoms with Crippen molar-refractivity contribution < 1.29 is 32.9 Å². The van der Waals surface area contributed by atoms with E-state index in [0.29, 0.717) is 6.07 Å². The van der Waals surface area contributed by atoms with Crippen LogP contribution in [0.5, 0.6) is 5.75 Å². The first-order chi connectivity index (χ1) is 7.41. The van der Waals surface area contributed by atoms with Gasteiger partial charge in [-0.1, -0.05) is 0 Å². The molecular formula is C9H7F3O4. The van der Waals surface area contributed by atoms with E-state index in [1.807, 2.05) is 0 Å². The van der Waals surface area contributed by atoms with Crippen LogP contribution >= 0.6 is 0 Å². The fourth-order valence-corrected chi connectivity index (χ4v) is 1.07. The Kier molecular flexibility index (Phi) is 3.73. The lowest BCUT2D eigenvalue weighted by Gasteiger charge is -2.12. The molecule has 0 radical (unpaired) electrons. The highest BCUT2D eigenvalue weighted by molar-refractivity contribution is 5.75. The Morgan fingerprint density at radius 1 is 1.38 bits per heavy atom. The molecule has 0 saturated carbocycles. The van der Waals surface area contributed by atoms with E-state index in [9.17, 15) is 18.0 Å². The minimum Gasteiger partial charge on any atom is -0.479 e. The van der Waals surface area contributed by atoms with Gasteiger partial charge in [-0.15, -0.1) is 0 Å². The number of halogens is 3. The van der Waals surface area contributed by atoms with Gasteiger partial charge in [0.15, 0.2) is 6.10 Å². The highest BCUT2D eigenvalue weighted by Crippen LogP contribution is 2.27. The molecule has 16 heavy (non-hydrogen) atoms. The number of carboxylic acids is 1. The Labute approximate surface area is 87.9 Å². The zero-order valence-corrected chi connectivity index (χ0v) is 7.73. The second-order valence-electron chi connectivity index (χ2n) is 2.80. The molecule has 7 heteroatoms. The summed E-state index contributed by atoms with van der Waals surface area (Å²) in [5, 5.41) is 17.6. The van der Waals surface area contributed by atoms with Crippen molar-refractivity contribution in [3.8, 4) is 5.75 Å². The fourth-order valence-electron chi connectivity index (χ4n) is 1.07. The third kappa shape index (κ3) is 2.86. The first-order valence-electron chi connectivity index (χ1n) is 4.07. The van der Waals surface area contributed by atoms with Gasteiger partial charge in [-0.3, -0.25) is 0 Å². The molecule has 0 saturated heterocycles. The van der Waals surface area contributed by atoms with Crippen LogP contribution in [-0.2, 0) is 4.79 Å². The van der Waals surface area contributed by atoms with Crippen LogP contribution in [0.3, 0.4) is 0 Å². The quantitative estimate of drug-likeness (QED) is 0.832. The summed E-state index contributed by atoms with van der Waals surface area (Å²) in [7, 11) is 0. The van der Waals surface area contributed by atoms with Gasteiger partial charge in [0.25, 0.3) is 0 Å². The zero-order chi connectivity index (χ0) is 12.3. The summed E-state index contributed by atoms with van der Waals surface area (Å²) in [5.74, 6) is -3.23. The molecule has 1 atom stereocenters. The molecular weight excluding hydrogens is 229 g/mol. The minimum absolute atomic E-state index is 0.436. The summed E-state index contributed by atoms with van der Waals surface area (Å²) in [5.41, 5.74) is -0.436. The number of carboxylic acid groups (broad SMARTS) is 1. The molecule has 1 rings (SSSR count). The standard InChI is InChI=1S/C9H7F3O4/c10-4-1-2-5(7(13)8(14)15)6(3-4)16-9(11)12/h1-3,7,9,13H,(H,14,15). The number of alkyl halides is 2. The first kappa shape index (κ1) is 12.3. The van der Waals surface area contributed by atoms with Crippen LogP contribution in [0.1, 0.15) is 11.7 Å². The lowest BCUT2D eigenvalue weighted by atomic mass is 10.1. The number of aliphatic hydroxyl groups is 1. The molecule has 0 aromatic heterocycles. The molecule has 0 amide bonds. The van der Waals surface area contributed by atoms with Crippen molar-refractivity contribution in [1.82, 2.24) is 0 Å². The Morgan fingerprint density at radius 3 is 2.50 bits per heavy atom. The summed E-state index contributed by atoms with van der Waals surface area (Å²) >= 11 is 0. The number of rotatable bonds is 4. The van der Waals surface area contributed by atoms with Crippen molar-refractivity contribution in [1.29, 1.82) is 0 Å². The normalized spacial score (nSPS) is 12.6. The van der Waals surface area contributed by atoms with E-state index in [4.69, 9.17) is 10.2 Å². The molecule has 0 fully saturated rings. The second kappa shape index (κ2) is 4.84. The molecule has 1 aromatic carbocycles. The average Bonchev–Trinajstić information content (AvgIpc) is 2.15. The summed E-state index contributed by atoms with van der Waals surface area (Å²) in [6, 6.07) is 2.28. The molecule has 0 spiro atoms. The maximum absolute atomic E-state index is 12.7. The molecule has 4 nitrogen and oxygen atoms in total. The Bertz CT molecular complexity index is 394. The monoisotopic (exact) mass is 236 g/mol. The largest absolute Gasteiger partial charge is 0.479 e. The number of benzene rings is 1. The van der Waals surface area contributed by atoms with Gasteiger partial charge in [0, 0.05) is 11.6 Å². The zero-order valence-electron chi connectivity index (χ0n) is 7.73. The van der Waals surface area contributed by atoms with E-state index in [-0.39, 0.29) is 0 Å². The molecule has 2 N–H and O–H groups in total. The number of ether oxygens (including phenoxy) is 1. The van der Waals surface area contributed by atoms with Gasteiger partial charge in [0.1, 0.15) is 11.6 Å². The molecule has 0 aliphatic rings. The SMILES string of the molecule is O=C(O)C(O)c1ccc(F)cc1OC(F)F. The lowest BCUT2D eigenvalue weighted by molar-refractivity contribution is -0.147. The van der Waals surface area contributed by atoms with Crippen molar-refractivity contribution in [2.24, 2.45) is 0 Å². The van der Waals surface area contributed by atoms with E-state index in [0.717, 1.165) is 12.1 Å². The highest BCUT2D eigenvalue weighted by atomic mass is 19.3. The van der Waals surface area contributed by atoms with Crippen LogP contribution in [0, 0.1) is 5.82 Å². The Morgan fingerprint density at radius 2 is 2.00 bits per heavy atom. The van der Waals surface area contributed by atoms with Gasteiger partial charge < -0.3 is 14.9 Å². The van der Waals surface area contributed by atoms with Gasteiger partial charge in [-0.2, -0.15) is 8.78 Å². The van der Waals surface area contributed by atoms with Crippen molar-refractivity contribution in [2.45, 2.75) is 12.7 Å². The number of hydrogen-bond acceptors (Lipinski definition) is 3. The molecule has 0 bridgehead atoms. The maximum Gasteiger partial charge on any atom is 0.387 e. The van der Waals surface area contributed by atoms with Crippen molar-refractivity contribution in [2.75, 3.05) is 0 Å². The van der Waals surface area contributed by atoms with Crippen LogP contribution in [0.25, 0.3) is 0 Å². The molecule has 0 aliphatic carbocycles. The number of aliphatic hydroxyl groups excluding tert-OH is 1. The summed E-state index contributed by atoms with van der Waals surface area (Å²) in [6.45, 7) is -3.23. The van der Waals surface area contributed by atoms with Gasteiger partial charge in [-0.05, 0) is 12.1 Å². The Balaban J connectivity index is 3.11. The summed E-state index contributed by atoms with van der Waals surface area (Å²) in [6.07, 6.45) is -2.05. The van der Waals surface area contributed by atoms with Crippen molar-refractivity contribution >= 4 is 5.97 Å². The molecule has 1 aromatic rings. The lowest BCUT2D eigenvalue weighted by Crippen LogP contribution is -2.13. The molecule has 1 unspecified atom stereocenters. The average molecular weight is 236 g/mol. The predicted molar refractivity (Wildman–Crippen MR) is 45.6 cm³/mol. The summed E-state index contributed by atoms with van der Waals surface area (Å²) in [4.78, 5) is 10.4. The summed E-state index contributed by atoms with van der Waals surface area (Å²) < 4.78 is 40.5. The molecule has 0 aliphatic heterocycles. The van der Waals surface area contributed by atoms with Crippen LogP contribution in [0.4, 0.5) is 13.2 Å². The van der Waals surface area contributed by atoms with E-state index >= 15 is 0 Å². The topological polar surface area (TPSA) is 66.8 Å². The van der Waals surface area contributed by atoms with E-state index in [2.05, 4.69) is 4.74 Å². The predicted octanol–water partition coefficient (Wildman–Crippen LogP) is 1.55. The number of aliphatic carboxylic acids is 1. The van der Waals surface area contributed by atoms with Gasteiger partial charge in [0.05, 0.1) is 0 Å². The maximum atomic E-state index is 12.7. The Hall–Kier alpha value is -1.76. The third-order valence-electron chi connectivity index (χ3n) is 1.72. The second-order valence-corrected chi connectivity index (χ2v) is 2.80. The van der Waals surface area contributed by atoms with E-state index in [1.54, 1.807) is 0 Å². The number of carbonyl (C=O) groups is 1. The van der Waals surface area contributed by atoms with Crippen molar-refractivity contribution in [3.05, 3.63) is 29.6 Å². The van der Waals surface area contributed by atoms with Crippen molar-refractivity contribution in [3.63, 3.8) is 0 Å². The first-order valence-corrected chi connectivity index (χ1v) is 4.07. The van der Waals surface area contributed by atoms with Gasteiger partial charge in [-0.25, -0.2) is 9.18 Å². The molecule has 88 valence electrons. The minimum atomic E-state index is -3.23. The van der Waals surface area contributed by atoms with Gasteiger partial charge in [0.2, 0.25) is 0 Å². The smallest absolute Gasteiger partial charge is 0.387 e.